The highest BCUT2D eigenvalue weighted by atomic mass is 32.2. The van der Waals surface area contributed by atoms with Crippen LogP contribution >= 0.6 is 0 Å². The van der Waals surface area contributed by atoms with E-state index in [4.69, 9.17) is 4.74 Å². The summed E-state index contributed by atoms with van der Waals surface area (Å²) >= 11 is 0. The summed E-state index contributed by atoms with van der Waals surface area (Å²) in [4.78, 5) is 11.2. The number of hydrogen-bond donors (Lipinski definition) is 0. The third-order valence-electron chi connectivity index (χ3n) is 6.15. The molecule has 0 radical (unpaired) electrons. The molecule has 0 spiro atoms. The van der Waals surface area contributed by atoms with E-state index < -0.39 is 9.84 Å². The summed E-state index contributed by atoms with van der Waals surface area (Å²) in [6.07, 6.45) is 5.26. The third-order valence-corrected chi connectivity index (χ3v) is 7.80. The van der Waals surface area contributed by atoms with Crippen LogP contribution in [0.15, 0.2) is 36.4 Å². The number of aldehydes is 1. The van der Waals surface area contributed by atoms with E-state index in [9.17, 15) is 13.2 Å². The van der Waals surface area contributed by atoms with Gasteiger partial charge in [0.1, 0.15) is 21.9 Å². The zero-order chi connectivity index (χ0) is 19.8. The molecule has 2 aromatic carbocycles. The monoisotopic (exact) mass is 398 g/mol. The normalized spacial score (nSPS) is 19.8. The Hall–Kier alpha value is -2.14. The number of ether oxygens (including phenoxy) is 1. The molecule has 0 N–H and O–H groups in total. The second-order valence-electron chi connectivity index (χ2n) is 8.46. The lowest BCUT2D eigenvalue weighted by Crippen LogP contribution is -2.35. The van der Waals surface area contributed by atoms with Gasteiger partial charge in [-0.25, -0.2) is 8.42 Å². The van der Waals surface area contributed by atoms with Crippen LogP contribution < -0.4 is 4.74 Å². The lowest BCUT2D eigenvalue weighted by molar-refractivity contribution is 0.112. The molecule has 4 rings (SSSR count). The summed E-state index contributed by atoms with van der Waals surface area (Å²) in [6, 6.07) is 12.1. The average molecular weight is 399 g/mol. The Balaban J connectivity index is 1.54. The standard InChI is InChI=1S/C23H26O4S/c1-23(9-11-28(25,26)12-10-23)16-27-20-7-8-21-19(14-20)4-2-3-18-6-5-17(15-24)13-22(18)21/h5-8,13-15H,2-4,9-12,16H2,1H3. The van der Waals surface area contributed by atoms with Crippen molar-refractivity contribution in [3.05, 3.63) is 53.1 Å². The first-order valence-corrected chi connectivity index (χ1v) is 11.7. The fraction of sp³-hybridized carbons (Fsp3) is 0.435. The molecule has 1 saturated heterocycles. The van der Waals surface area contributed by atoms with E-state index in [1.54, 1.807) is 0 Å². The lowest BCUT2D eigenvalue weighted by atomic mass is 9.85. The average Bonchev–Trinajstić information content (AvgIpc) is 2.87. The molecule has 1 aliphatic heterocycles. The quantitative estimate of drug-likeness (QED) is 0.723. The molecule has 0 aromatic heterocycles. The molecule has 4 nitrogen and oxygen atoms in total. The van der Waals surface area contributed by atoms with Gasteiger partial charge in [-0.15, -0.1) is 0 Å². The van der Waals surface area contributed by atoms with Crippen molar-refractivity contribution in [1.82, 2.24) is 0 Å². The fourth-order valence-corrected chi connectivity index (χ4v) is 5.98. The maximum atomic E-state index is 11.7. The van der Waals surface area contributed by atoms with Crippen LogP contribution in [0.3, 0.4) is 0 Å². The van der Waals surface area contributed by atoms with Crippen molar-refractivity contribution in [2.24, 2.45) is 5.41 Å². The van der Waals surface area contributed by atoms with Gasteiger partial charge in [0, 0.05) is 11.0 Å². The molecule has 2 aromatic rings. The van der Waals surface area contributed by atoms with Crippen LogP contribution in [0.25, 0.3) is 11.1 Å². The van der Waals surface area contributed by atoms with Crippen LogP contribution in [0, 0.1) is 5.41 Å². The minimum atomic E-state index is -2.87. The maximum absolute atomic E-state index is 11.7. The maximum Gasteiger partial charge on any atom is 0.150 e. The third kappa shape index (κ3) is 4.00. The predicted molar refractivity (Wildman–Crippen MR) is 111 cm³/mol. The SMILES string of the molecule is CC1(COc2ccc3c(c2)CCCc2ccc(C=O)cc2-3)CCS(=O)(=O)CC1. The van der Waals surface area contributed by atoms with Crippen LogP contribution in [-0.4, -0.2) is 32.8 Å². The molecule has 28 heavy (non-hydrogen) atoms. The first-order chi connectivity index (χ1) is 13.4. The first kappa shape index (κ1) is 19.2. The summed E-state index contributed by atoms with van der Waals surface area (Å²) < 4.78 is 29.5. The van der Waals surface area contributed by atoms with E-state index in [2.05, 4.69) is 25.1 Å². The Kier molecular flexibility index (Phi) is 5.04. The Morgan fingerprint density at radius 1 is 1.00 bits per heavy atom. The largest absolute Gasteiger partial charge is 0.493 e. The van der Waals surface area contributed by atoms with E-state index in [0.29, 0.717) is 25.0 Å². The van der Waals surface area contributed by atoms with Gasteiger partial charge in [0.05, 0.1) is 18.1 Å². The summed E-state index contributed by atoms with van der Waals surface area (Å²) in [5.74, 6) is 1.35. The van der Waals surface area contributed by atoms with E-state index >= 15 is 0 Å². The van der Waals surface area contributed by atoms with E-state index in [0.717, 1.165) is 36.9 Å². The Morgan fingerprint density at radius 3 is 2.50 bits per heavy atom. The molecule has 0 atom stereocenters. The summed E-state index contributed by atoms with van der Waals surface area (Å²) in [6.45, 7) is 2.65. The van der Waals surface area contributed by atoms with Crippen LogP contribution in [0.5, 0.6) is 5.75 Å². The number of hydrogen-bond acceptors (Lipinski definition) is 4. The van der Waals surface area contributed by atoms with Gasteiger partial charge < -0.3 is 4.74 Å². The van der Waals surface area contributed by atoms with Crippen molar-refractivity contribution in [2.75, 3.05) is 18.1 Å². The summed E-state index contributed by atoms with van der Waals surface area (Å²) in [5.41, 5.74) is 5.46. The highest BCUT2D eigenvalue weighted by molar-refractivity contribution is 7.91. The van der Waals surface area contributed by atoms with Crippen LogP contribution in [-0.2, 0) is 22.7 Å². The fourth-order valence-electron chi connectivity index (χ4n) is 4.17. The molecule has 2 aliphatic rings. The van der Waals surface area contributed by atoms with Crippen molar-refractivity contribution in [1.29, 1.82) is 0 Å². The molecule has 0 saturated carbocycles. The number of sulfone groups is 1. The number of carbonyl (C=O) groups is 1. The summed E-state index contributed by atoms with van der Waals surface area (Å²) in [5, 5.41) is 0. The predicted octanol–water partition coefficient (Wildman–Crippen LogP) is 4.25. The van der Waals surface area contributed by atoms with Gasteiger partial charge in [-0.2, -0.15) is 0 Å². The van der Waals surface area contributed by atoms with Crippen molar-refractivity contribution >= 4 is 16.1 Å². The van der Waals surface area contributed by atoms with Crippen LogP contribution in [0.4, 0.5) is 0 Å². The molecule has 0 amide bonds. The van der Waals surface area contributed by atoms with Gasteiger partial charge in [-0.1, -0.05) is 25.1 Å². The van der Waals surface area contributed by atoms with Gasteiger partial charge in [-0.05, 0) is 72.6 Å². The van der Waals surface area contributed by atoms with Crippen LogP contribution in [0.2, 0.25) is 0 Å². The number of fused-ring (bicyclic) bond motifs is 3. The Labute approximate surface area is 166 Å². The number of aryl methyl sites for hydroxylation is 2. The van der Waals surface area contributed by atoms with E-state index in [1.807, 2.05) is 18.2 Å². The smallest absolute Gasteiger partial charge is 0.150 e. The molecule has 1 aliphatic carbocycles. The number of rotatable bonds is 4. The highest BCUT2D eigenvalue weighted by Crippen LogP contribution is 2.36. The lowest BCUT2D eigenvalue weighted by Gasteiger charge is -2.33. The topological polar surface area (TPSA) is 60.4 Å². The van der Waals surface area contributed by atoms with Gasteiger partial charge in [0.2, 0.25) is 0 Å². The minimum Gasteiger partial charge on any atom is -0.493 e. The summed E-state index contributed by atoms with van der Waals surface area (Å²) in [7, 11) is -2.87. The van der Waals surface area contributed by atoms with E-state index in [-0.39, 0.29) is 16.9 Å². The second kappa shape index (κ2) is 7.36. The number of carbonyl (C=O) groups excluding carboxylic acids is 1. The first-order valence-electron chi connectivity index (χ1n) is 9.92. The number of benzene rings is 2. The van der Waals surface area contributed by atoms with E-state index in [1.165, 1.54) is 16.7 Å². The zero-order valence-electron chi connectivity index (χ0n) is 16.2. The van der Waals surface area contributed by atoms with Crippen molar-refractivity contribution in [2.45, 2.75) is 39.0 Å². The van der Waals surface area contributed by atoms with Crippen molar-refractivity contribution in [3.8, 4) is 16.9 Å². The molecule has 1 fully saturated rings. The zero-order valence-corrected chi connectivity index (χ0v) is 17.1. The van der Waals surface area contributed by atoms with Gasteiger partial charge in [0.15, 0.2) is 0 Å². The van der Waals surface area contributed by atoms with Crippen molar-refractivity contribution < 1.29 is 17.9 Å². The van der Waals surface area contributed by atoms with Crippen molar-refractivity contribution in [3.63, 3.8) is 0 Å². The van der Waals surface area contributed by atoms with Gasteiger partial charge in [0.25, 0.3) is 0 Å². The highest BCUT2D eigenvalue weighted by Gasteiger charge is 2.34. The molecule has 0 unspecified atom stereocenters. The molecular formula is C23H26O4S. The molecule has 1 heterocycles. The Bertz CT molecular complexity index is 993. The minimum absolute atomic E-state index is 0.0937. The van der Waals surface area contributed by atoms with Crippen LogP contribution in [0.1, 0.15) is 47.7 Å². The van der Waals surface area contributed by atoms with Gasteiger partial charge >= 0.3 is 0 Å². The molecule has 148 valence electrons. The Morgan fingerprint density at radius 2 is 1.75 bits per heavy atom. The molecular weight excluding hydrogens is 372 g/mol. The van der Waals surface area contributed by atoms with Gasteiger partial charge in [-0.3, -0.25) is 4.79 Å². The second-order valence-corrected chi connectivity index (χ2v) is 10.8. The molecule has 0 bridgehead atoms. The molecule has 5 heteroatoms.